The van der Waals surface area contributed by atoms with E-state index in [4.69, 9.17) is 18.9 Å². The summed E-state index contributed by atoms with van der Waals surface area (Å²) in [4.78, 5) is 0. The summed E-state index contributed by atoms with van der Waals surface area (Å²) in [5, 5.41) is 20.4. The molecule has 6 heteroatoms. The normalized spacial score (nSPS) is 14.1. The van der Waals surface area contributed by atoms with E-state index in [1.807, 2.05) is 12.1 Å². The van der Waals surface area contributed by atoms with Gasteiger partial charge in [0.25, 0.3) is 0 Å². The van der Waals surface area contributed by atoms with Crippen molar-refractivity contribution in [3.8, 4) is 28.7 Å². The van der Waals surface area contributed by atoms with Crippen molar-refractivity contribution in [2.24, 2.45) is 17.8 Å². The third-order valence-corrected chi connectivity index (χ3v) is 7.13. The Balaban J connectivity index is 2.35. The number of benzene rings is 2. The molecular formula is C29H42O6. The number of methoxy groups -OCH3 is 3. The van der Waals surface area contributed by atoms with Crippen LogP contribution in [0.4, 0.5) is 0 Å². The van der Waals surface area contributed by atoms with Crippen LogP contribution in [-0.4, -0.2) is 38.1 Å². The predicted molar refractivity (Wildman–Crippen MR) is 141 cm³/mol. The third-order valence-electron chi connectivity index (χ3n) is 7.13. The van der Waals surface area contributed by atoms with Crippen molar-refractivity contribution in [2.75, 3.05) is 27.9 Å². The molecule has 2 N–H and O–H groups in total. The summed E-state index contributed by atoms with van der Waals surface area (Å²) in [6.07, 6.45) is 6.46. The Labute approximate surface area is 210 Å². The van der Waals surface area contributed by atoms with Crippen molar-refractivity contribution < 1.29 is 29.2 Å². The van der Waals surface area contributed by atoms with Gasteiger partial charge in [-0.2, -0.15) is 0 Å². The quantitative estimate of drug-likeness (QED) is 0.291. The molecule has 2 rings (SSSR count). The van der Waals surface area contributed by atoms with Crippen LogP contribution in [0.1, 0.15) is 64.0 Å². The fourth-order valence-corrected chi connectivity index (χ4v) is 4.80. The minimum Gasteiger partial charge on any atom is -0.502 e. The minimum absolute atomic E-state index is 0.0454. The molecule has 0 spiro atoms. The summed E-state index contributed by atoms with van der Waals surface area (Å²) >= 11 is 0. The fourth-order valence-electron chi connectivity index (χ4n) is 4.80. The van der Waals surface area contributed by atoms with Crippen molar-refractivity contribution in [1.29, 1.82) is 0 Å². The van der Waals surface area contributed by atoms with Gasteiger partial charge in [-0.1, -0.05) is 53.0 Å². The monoisotopic (exact) mass is 486 g/mol. The molecule has 0 saturated carbocycles. The van der Waals surface area contributed by atoms with Gasteiger partial charge >= 0.3 is 0 Å². The van der Waals surface area contributed by atoms with E-state index in [-0.39, 0.29) is 24.2 Å². The summed E-state index contributed by atoms with van der Waals surface area (Å²) in [5.41, 5.74) is 1.92. The van der Waals surface area contributed by atoms with Crippen LogP contribution in [0.5, 0.6) is 28.7 Å². The molecule has 35 heavy (non-hydrogen) atoms. The molecule has 0 aliphatic heterocycles. The summed E-state index contributed by atoms with van der Waals surface area (Å²) in [6, 6.07) is 9.46. The Morgan fingerprint density at radius 2 is 1.43 bits per heavy atom. The summed E-state index contributed by atoms with van der Waals surface area (Å²) < 4.78 is 22.0. The molecule has 194 valence electrons. The van der Waals surface area contributed by atoms with Gasteiger partial charge in [0.2, 0.25) is 5.75 Å². The molecule has 2 aromatic rings. The highest BCUT2D eigenvalue weighted by atomic mass is 16.5. The lowest BCUT2D eigenvalue weighted by atomic mass is 9.70. The van der Waals surface area contributed by atoms with Gasteiger partial charge in [-0.15, -0.1) is 0 Å². The second-order valence-electron chi connectivity index (χ2n) is 8.94. The number of rotatable bonds is 14. The Morgan fingerprint density at radius 3 is 1.91 bits per heavy atom. The van der Waals surface area contributed by atoms with E-state index in [9.17, 15) is 10.2 Å². The topological polar surface area (TPSA) is 77.4 Å². The zero-order chi connectivity index (χ0) is 26.0. The Morgan fingerprint density at radius 1 is 0.829 bits per heavy atom. The van der Waals surface area contributed by atoms with Crippen molar-refractivity contribution in [2.45, 2.75) is 52.9 Å². The molecule has 0 fully saturated rings. The number of aliphatic hydroxyl groups is 1. The highest BCUT2D eigenvalue weighted by molar-refractivity contribution is 5.61. The van der Waals surface area contributed by atoms with Gasteiger partial charge in [0.05, 0.1) is 27.6 Å². The van der Waals surface area contributed by atoms with Crippen LogP contribution in [0.2, 0.25) is 0 Å². The predicted octanol–water partition coefficient (Wildman–Crippen LogP) is 6.64. The van der Waals surface area contributed by atoms with Crippen LogP contribution < -0.4 is 18.9 Å². The number of hydrogen-bond donors (Lipinski definition) is 2. The first kappa shape index (κ1) is 28.4. The van der Waals surface area contributed by atoms with Crippen LogP contribution in [0.3, 0.4) is 0 Å². The molecule has 0 aliphatic rings. The van der Waals surface area contributed by atoms with E-state index in [1.54, 1.807) is 31.6 Å². The molecule has 0 heterocycles. The van der Waals surface area contributed by atoms with Gasteiger partial charge in [0, 0.05) is 6.61 Å². The summed E-state index contributed by atoms with van der Waals surface area (Å²) in [5.74, 6) is 3.13. The van der Waals surface area contributed by atoms with Crippen LogP contribution in [0.15, 0.2) is 36.6 Å². The Bertz CT molecular complexity index is 925. The number of hydrogen-bond acceptors (Lipinski definition) is 6. The average molecular weight is 487 g/mol. The first-order chi connectivity index (χ1) is 16.9. The Kier molecular flexibility index (Phi) is 11.3. The lowest BCUT2D eigenvalue weighted by Gasteiger charge is -2.36. The lowest BCUT2D eigenvalue weighted by Crippen LogP contribution is -2.29. The molecule has 0 aliphatic carbocycles. The van der Waals surface area contributed by atoms with Gasteiger partial charge < -0.3 is 29.2 Å². The Hall–Kier alpha value is -2.86. The molecule has 3 atom stereocenters. The minimum atomic E-state index is -0.0454. The first-order valence-electron chi connectivity index (χ1n) is 12.5. The molecule has 0 radical (unpaired) electrons. The maximum absolute atomic E-state index is 10.3. The molecule has 0 amide bonds. The van der Waals surface area contributed by atoms with Gasteiger partial charge in [0.15, 0.2) is 23.0 Å². The molecular weight excluding hydrogens is 444 g/mol. The van der Waals surface area contributed by atoms with Gasteiger partial charge in [0.1, 0.15) is 0 Å². The largest absolute Gasteiger partial charge is 0.502 e. The number of phenolic OH excluding ortho intramolecular Hbond substituents is 1. The smallest absolute Gasteiger partial charge is 0.200 e. The molecule has 0 saturated heterocycles. The zero-order valence-electron chi connectivity index (χ0n) is 22.2. The summed E-state index contributed by atoms with van der Waals surface area (Å²) in [6.45, 7) is 9.01. The van der Waals surface area contributed by atoms with Crippen LogP contribution >= 0.6 is 0 Å². The first-order valence-corrected chi connectivity index (χ1v) is 12.5. The molecule has 0 aromatic heterocycles. The van der Waals surface area contributed by atoms with Crippen molar-refractivity contribution in [1.82, 2.24) is 0 Å². The van der Waals surface area contributed by atoms with Gasteiger partial charge in [-0.05, 0) is 65.1 Å². The lowest BCUT2D eigenvalue weighted by molar-refractivity contribution is 0.126. The summed E-state index contributed by atoms with van der Waals surface area (Å²) in [7, 11) is 4.61. The number of ether oxygens (including phenoxy) is 4. The van der Waals surface area contributed by atoms with E-state index in [0.29, 0.717) is 34.8 Å². The molecule has 0 bridgehead atoms. The van der Waals surface area contributed by atoms with E-state index in [0.717, 1.165) is 24.8 Å². The maximum atomic E-state index is 10.3. The molecule has 3 unspecified atom stereocenters. The van der Waals surface area contributed by atoms with Crippen LogP contribution in [0.25, 0.3) is 6.08 Å². The average Bonchev–Trinajstić information content (AvgIpc) is 2.89. The van der Waals surface area contributed by atoms with E-state index in [2.05, 4.69) is 33.8 Å². The van der Waals surface area contributed by atoms with Crippen LogP contribution in [0, 0.1) is 17.8 Å². The highest BCUT2D eigenvalue weighted by Crippen LogP contribution is 2.43. The van der Waals surface area contributed by atoms with E-state index in [1.165, 1.54) is 19.8 Å². The van der Waals surface area contributed by atoms with Gasteiger partial charge in [-0.3, -0.25) is 0 Å². The number of aromatic hydroxyl groups is 1. The van der Waals surface area contributed by atoms with Crippen molar-refractivity contribution in [3.63, 3.8) is 0 Å². The second-order valence-corrected chi connectivity index (χ2v) is 8.94. The van der Waals surface area contributed by atoms with Crippen molar-refractivity contribution >= 4 is 6.08 Å². The fraction of sp³-hybridized carbons (Fsp3) is 0.517. The zero-order valence-corrected chi connectivity index (χ0v) is 22.2. The maximum Gasteiger partial charge on any atom is 0.200 e. The molecule has 6 nitrogen and oxygen atoms in total. The SMILES string of the molecule is CCC(C)C(CO)C(c1ccc(O/C=C\c2cc(OC)c(O)c(OC)c2)c(OC)c1)C(CC)CC. The number of aliphatic hydroxyl groups excluding tert-OH is 1. The second kappa shape index (κ2) is 13.9. The van der Waals surface area contributed by atoms with Gasteiger partial charge in [-0.25, -0.2) is 0 Å². The van der Waals surface area contributed by atoms with Crippen LogP contribution in [-0.2, 0) is 0 Å². The van der Waals surface area contributed by atoms with E-state index >= 15 is 0 Å². The van der Waals surface area contributed by atoms with Crippen molar-refractivity contribution in [3.05, 3.63) is 47.7 Å². The third kappa shape index (κ3) is 6.85. The highest BCUT2D eigenvalue weighted by Gasteiger charge is 2.32. The molecule has 2 aromatic carbocycles. The standard InChI is InChI=1S/C29H42O6/c1-8-19(4)23(18-30)28(21(9-2)10-3)22-11-12-24(25(17-22)32-5)35-14-13-20-15-26(33-6)29(31)27(16-20)34-7/h11-17,19,21,23,28,30-31H,8-10,18H2,1-7H3/b14-13-. The van der Waals surface area contributed by atoms with E-state index < -0.39 is 0 Å². The number of phenols is 1.